The van der Waals surface area contributed by atoms with E-state index in [0.717, 1.165) is 6.07 Å². The van der Waals surface area contributed by atoms with E-state index < -0.39 is 5.82 Å². The van der Waals surface area contributed by atoms with Crippen LogP contribution in [0.15, 0.2) is 18.2 Å². The van der Waals surface area contributed by atoms with Crippen LogP contribution in [0.2, 0.25) is 0 Å². The summed E-state index contributed by atoms with van der Waals surface area (Å²) < 4.78 is 18.1. The first-order valence-corrected chi connectivity index (χ1v) is 4.15. The Kier molecular flexibility index (Phi) is 4.05. The monoisotopic (exact) mass is 195 g/mol. The number of nitrogens with zero attached hydrogens (tertiary/aromatic N) is 1. The van der Waals surface area contributed by atoms with Crippen molar-refractivity contribution in [2.75, 3.05) is 13.2 Å². The Hall–Kier alpha value is -1.44. The second-order valence-corrected chi connectivity index (χ2v) is 2.69. The van der Waals surface area contributed by atoms with E-state index in [0.29, 0.717) is 5.56 Å². The summed E-state index contributed by atoms with van der Waals surface area (Å²) in [7, 11) is 0. The molecule has 0 spiro atoms. The standard InChI is InChI=1S/C10H10FNO2/c11-10-5-8(6-12)1-2-9(10)7-14-4-3-13/h1-2,5,13H,3-4,7H2. The summed E-state index contributed by atoms with van der Waals surface area (Å²) in [6.07, 6.45) is 0. The zero-order chi connectivity index (χ0) is 10.4. The molecule has 0 bridgehead atoms. The Morgan fingerprint density at radius 1 is 1.50 bits per heavy atom. The number of nitriles is 1. The zero-order valence-electron chi connectivity index (χ0n) is 7.53. The third-order valence-corrected chi connectivity index (χ3v) is 1.68. The Labute approximate surface area is 81.4 Å². The molecule has 4 heteroatoms. The van der Waals surface area contributed by atoms with Gasteiger partial charge in [0, 0.05) is 5.56 Å². The molecule has 0 atom stereocenters. The molecule has 0 aliphatic heterocycles. The number of rotatable bonds is 4. The number of halogens is 1. The predicted octanol–water partition coefficient (Wildman–Crippen LogP) is 1.21. The van der Waals surface area contributed by atoms with E-state index in [9.17, 15) is 4.39 Å². The van der Waals surface area contributed by atoms with Crippen LogP contribution in [-0.2, 0) is 11.3 Å². The van der Waals surface area contributed by atoms with Gasteiger partial charge >= 0.3 is 0 Å². The first-order valence-electron chi connectivity index (χ1n) is 4.15. The number of hydrogen-bond donors (Lipinski definition) is 1. The van der Waals surface area contributed by atoms with Crippen molar-refractivity contribution in [3.63, 3.8) is 0 Å². The molecule has 0 amide bonds. The molecule has 1 N–H and O–H groups in total. The van der Waals surface area contributed by atoms with Crippen molar-refractivity contribution in [2.45, 2.75) is 6.61 Å². The van der Waals surface area contributed by atoms with Gasteiger partial charge in [0.05, 0.1) is 31.5 Å². The van der Waals surface area contributed by atoms with Crippen molar-refractivity contribution < 1.29 is 14.2 Å². The van der Waals surface area contributed by atoms with E-state index in [1.165, 1.54) is 12.1 Å². The maximum atomic E-state index is 13.2. The summed E-state index contributed by atoms with van der Waals surface area (Å²) >= 11 is 0. The van der Waals surface area contributed by atoms with Gasteiger partial charge in [0.25, 0.3) is 0 Å². The average Bonchev–Trinajstić information content (AvgIpc) is 2.20. The highest BCUT2D eigenvalue weighted by atomic mass is 19.1. The van der Waals surface area contributed by atoms with Gasteiger partial charge in [-0.15, -0.1) is 0 Å². The van der Waals surface area contributed by atoms with Crippen molar-refractivity contribution in [3.8, 4) is 6.07 Å². The minimum atomic E-state index is -0.456. The third-order valence-electron chi connectivity index (χ3n) is 1.68. The maximum Gasteiger partial charge on any atom is 0.130 e. The zero-order valence-corrected chi connectivity index (χ0v) is 7.53. The summed E-state index contributed by atoms with van der Waals surface area (Å²) in [5.41, 5.74) is 0.672. The number of hydrogen-bond acceptors (Lipinski definition) is 3. The van der Waals surface area contributed by atoms with Gasteiger partial charge in [-0.2, -0.15) is 5.26 Å². The van der Waals surface area contributed by atoms with Gasteiger partial charge in [0.15, 0.2) is 0 Å². The van der Waals surface area contributed by atoms with Crippen LogP contribution in [0.25, 0.3) is 0 Å². The van der Waals surface area contributed by atoms with Crippen LogP contribution in [0, 0.1) is 17.1 Å². The molecule has 1 aromatic rings. The molecule has 0 radical (unpaired) electrons. The maximum absolute atomic E-state index is 13.2. The lowest BCUT2D eigenvalue weighted by Gasteiger charge is -2.03. The number of aliphatic hydroxyl groups is 1. The molecule has 0 saturated heterocycles. The van der Waals surface area contributed by atoms with Crippen molar-refractivity contribution in [1.29, 1.82) is 5.26 Å². The Balaban J connectivity index is 2.65. The van der Waals surface area contributed by atoms with Crippen molar-refractivity contribution in [2.24, 2.45) is 0 Å². The molecule has 0 fully saturated rings. The lowest BCUT2D eigenvalue weighted by Crippen LogP contribution is -2.01. The normalized spacial score (nSPS) is 9.79. The quantitative estimate of drug-likeness (QED) is 0.734. The number of ether oxygens (including phenoxy) is 1. The van der Waals surface area contributed by atoms with E-state index in [4.69, 9.17) is 15.1 Å². The van der Waals surface area contributed by atoms with E-state index >= 15 is 0 Å². The topological polar surface area (TPSA) is 53.2 Å². The second-order valence-electron chi connectivity index (χ2n) is 2.69. The van der Waals surface area contributed by atoms with E-state index in [1.54, 1.807) is 0 Å². The summed E-state index contributed by atoms with van der Waals surface area (Å²) in [4.78, 5) is 0. The second kappa shape index (κ2) is 5.32. The smallest absolute Gasteiger partial charge is 0.130 e. The summed E-state index contributed by atoms with van der Waals surface area (Å²) in [6.45, 7) is 0.204. The van der Waals surface area contributed by atoms with Crippen LogP contribution in [0.3, 0.4) is 0 Å². The third kappa shape index (κ3) is 2.80. The number of benzene rings is 1. The fourth-order valence-electron chi connectivity index (χ4n) is 0.981. The van der Waals surface area contributed by atoms with Gasteiger partial charge in [-0.25, -0.2) is 4.39 Å². The van der Waals surface area contributed by atoms with E-state index in [1.807, 2.05) is 6.07 Å². The van der Waals surface area contributed by atoms with Gasteiger partial charge in [-0.1, -0.05) is 6.07 Å². The molecular weight excluding hydrogens is 185 g/mol. The molecule has 0 aromatic heterocycles. The van der Waals surface area contributed by atoms with Crippen LogP contribution >= 0.6 is 0 Å². The summed E-state index contributed by atoms with van der Waals surface area (Å²) in [5.74, 6) is -0.456. The fourth-order valence-corrected chi connectivity index (χ4v) is 0.981. The highest BCUT2D eigenvalue weighted by Gasteiger charge is 2.02. The van der Waals surface area contributed by atoms with Crippen LogP contribution in [0.5, 0.6) is 0 Å². The fraction of sp³-hybridized carbons (Fsp3) is 0.300. The first-order chi connectivity index (χ1) is 6.77. The SMILES string of the molecule is N#Cc1ccc(COCCO)c(F)c1. The summed E-state index contributed by atoms with van der Waals surface area (Å²) in [6, 6.07) is 6.04. The first kappa shape index (κ1) is 10.6. The minimum Gasteiger partial charge on any atom is -0.394 e. The van der Waals surface area contributed by atoms with Crippen molar-refractivity contribution in [1.82, 2.24) is 0 Å². The molecule has 0 heterocycles. The van der Waals surface area contributed by atoms with E-state index in [2.05, 4.69) is 0 Å². The average molecular weight is 195 g/mol. The Morgan fingerprint density at radius 3 is 2.86 bits per heavy atom. The van der Waals surface area contributed by atoms with Crippen LogP contribution < -0.4 is 0 Å². The molecule has 3 nitrogen and oxygen atoms in total. The van der Waals surface area contributed by atoms with Crippen molar-refractivity contribution >= 4 is 0 Å². The molecule has 74 valence electrons. The van der Waals surface area contributed by atoms with E-state index in [-0.39, 0.29) is 25.4 Å². The van der Waals surface area contributed by atoms with Gasteiger partial charge in [0.1, 0.15) is 5.82 Å². The van der Waals surface area contributed by atoms with Gasteiger partial charge < -0.3 is 9.84 Å². The largest absolute Gasteiger partial charge is 0.394 e. The van der Waals surface area contributed by atoms with Crippen LogP contribution in [-0.4, -0.2) is 18.3 Å². The van der Waals surface area contributed by atoms with Crippen LogP contribution in [0.4, 0.5) is 4.39 Å². The van der Waals surface area contributed by atoms with Gasteiger partial charge in [0.2, 0.25) is 0 Å². The molecule has 14 heavy (non-hydrogen) atoms. The highest BCUT2D eigenvalue weighted by Crippen LogP contribution is 2.10. The predicted molar refractivity (Wildman–Crippen MR) is 47.9 cm³/mol. The molecule has 0 aliphatic carbocycles. The van der Waals surface area contributed by atoms with Gasteiger partial charge in [-0.05, 0) is 12.1 Å². The molecule has 0 aliphatic rings. The lowest BCUT2D eigenvalue weighted by atomic mass is 10.1. The Morgan fingerprint density at radius 2 is 2.29 bits per heavy atom. The van der Waals surface area contributed by atoms with Crippen LogP contribution in [0.1, 0.15) is 11.1 Å². The lowest BCUT2D eigenvalue weighted by molar-refractivity contribution is 0.0799. The number of aliphatic hydroxyl groups excluding tert-OH is 1. The molecule has 1 aromatic carbocycles. The highest BCUT2D eigenvalue weighted by molar-refractivity contribution is 5.32. The van der Waals surface area contributed by atoms with Gasteiger partial charge in [-0.3, -0.25) is 0 Å². The molecule has 0 unspecified atom stereocenters. The minimum absolute atomic E-state index is 0.0854. The Bertz CT molecular complexity index is 346. The molecule has 1 rings (SSSR count). The summed E-state index contributed by atoms with van der Waals surface area (Å²) in [5, 5.41) is 16.9. The van der Waals surface area contributed by atoms with Crippen molar-refractivity contribution in [3.05, 3.63) is 35.1 Å². The molecule has 0 saturated carbocycles. The molecular formula is C10H10FNO2.